The van der Waals surface area contributed by atoms with Crippen molar-refractivity contribution in [2.45, 2.75) is 6.54 Å². The second kappa shape index (κ2) is 5.54. The normalized spacial score (nSPS) is 14.7. The van der Waals surface area contributed by atoms with Crippen molar-refractivity contribution >= 4 is 17.4 Å². The fourth-order valence-corrected chi connectivity index (χ4v) is 2.62. The van der Waals surface area contributed by atoms with Crippen LogP contribution in [0.15, 0.2) is 42.6 Å². The summed E-state index contributed by atoms with van der Waals surface area (Å²) < 4.78 is 0. The Morgan fingerprint density at radius 1 is 1.19 bits per heavy atom. The summed E-state index contributed by atoms with van der Waals surface area (Å²) in [5, 5.41) is 3.00. The first-order chi connectivity index (χ1) is 10.1. The van der Waals surface area contributed by atoms with Crippen molar-refractivity contribution in [1.29, 1.82) is 0 Å². The van der Waals surface area contributed by atoms with Crippen LogP contribution in [-0.2, 0) is 6.54 Å². The Bertz CT molecular complexity index is 657. The Balaban J connectivity index is 1.90. The molecule has 1 aromatic carbocycles. The lowest BCUT2D eigenvalue weighted by molar-refractivity contribution is 0.102. The summed E-state index contributed by atoms with van der Waals surface area (Å²) in [6.45, 7) is 1.61. The maximum atomic E-state index is 12.3. The lowest BCUT2D eigenvalue weighted by Crippen LogP contribution is -2.38. The highest BCUT2D eigenvalue weighted by molar-refractivity contribution is 6.04. The van der Waals surface area contributed by atoms with Crippen LogP contribution in [0.5, 0.6) is 0 Å². The Kier molecular flexibility index (Phi) is 3.58. The molecule has 108 valence electrons. The molecule has 1 amide bonds. The van der Waals surface area contributed by atoms with Gasteiger partial charge in [-0.25, -0.2) is 4.98 Å². The van der Waals surface area contributed by atoms with Crippen LogP contribution < -0.4 is 10.2 Å². The molecule has 0 saturated heterocycles. The number of nitrogens with zero attached hydrogens (tertiary/aromatic N) is 3. The van der Waals surface area contributed by atoms with Crippen LogP contribution >= 0.6 is 0 Å². The van der Waals surface area contributed by atoms with E-state index in [1.54, 1.807) is 18.3 Å². The molecular weight excluding hydrogens is 264 g/mol. The lowest BCUT2D eigenvalue weighted by Gasteiger charge is -2.33. The van der Waals surface area contributed by atoms with Gasteiger partial charge < -0.3 is 10.2 Å². The topological polar surface area (TPSA) is 48.5 Å². The number of carbonyl (C=O) groups is 1. The summed E-state index contributed by atoms with van der Waals surface area (Å²) in [5.74, 6) is 0.832. The minimum absolute atomic E-state index is 0.0973. The Labute approximate surface area is 124 Å². The van der Waals surface area contributed by atoms with Crippen LogP contribution in [0, 0.1) is 0 Å². The molecule has 5 heteroatoms. The molecule has 3 rings (SSSR count). The first-order valence-corrected chi connectivity index (χ1v) is 6.89. The summed E-state index contributed by atoms with van der Waals surface area (Å²) in [6.07, 6.45) is 1.74. The number of nitrogens with one attached hydrogen (secondary N) is 1. The van der Waals surface area contributed by atoms with Crippen molar-refractivity contribution in [2.75, 3.05) is 31.0 Å². The predicted molar refractivity (Wildman–Crippen MR) is 83.4 cm³/mol. The third-order valence-corrected chi connectivity index (χ3v) is 3.56. The van der Waals surface area contributed by atoms with Crippen molar-refractivity contribution in [3.63, 3.8) is 0 Å². The van der Waals surface area contributed by atoms with Gasteiger partial charge in [-0.2, -0.15) is 0 Å². The van der Waals surface area contributed by atoms with Gasteiger partial charge in [0.1, 0.15) is 5.82 Å². The van der Waals surface area contributed by atoms with E-state index in [4.69, 9.17) is 0 Å². The quantitative estimate of drug-likeness (QED) is 0.917. The summed E-state index contributed by atoms with van der Waals surface area (Å²) in [6, 6.07) is 11.1. The van der Waals surface area contributed by atoms with Gasteiger partial charge in [-0.05, 0) is 25.2 Å². The van der Waals surface area contributed by atoms with Gasteiger partial charge in [-0.1, -0.05) is 18.2 Å². The maximum absolute atomic E-state index is 12.3. The van der Waals surface area contributed by atoms with Gasteiger partial charge in [-0.15, -0.1) is 0 Å². The summed E-state index contributed by atoms with van der Waals surface area (Å²) in [4.78, 5) is 21.0. The smallest absolute Gasteiger partial charge is 0.255 e. The van der Waals surface area contributed by atoms with Crippen LogP contribution in [0.4, 0.5) is 11.5 Å². The van der Waals surface area contributed by atoms with E-state index in [0.717, 1.165) is 30.3 Å². The monoisotopic (exact) mass is 282 g/mol. The van der Waals surface area contributed by atoms with E-state index in [0.29, 0.717) is 5.56 Å². The molecule has 0 unspecified atom stereocenters. The fraction of sp³-hybridized carbons (Fsp3) is 0.250. The molecular formula is C16H18N4O. The maximum Gasteiger partial charge on any atom is 0.255 e. The molecule has 0 bridgehead atoms. The number of rotatable bonds is 2. The molecule has 0 fully saturated rings. The minimum Gasteiger partial charge on any atom is -0.346 e. The zero-order valence-electron chi connectivity index (χ0n) is 12.2. The summed E-state index contributed by atoms with van der Waals surface area (Å²) >= 11 is 0. The van der Waals surface area contributed by atoms with E-state index in [9.17, 15) is 4.79 Å². The van der Waals surface area contributed by atoms with E-state index in [-0.39, 0.29) is 5.91 Å². The molecule has 1 aromatic heterocycles. The molecule has 1 aliphatic rings. The van der Waals surface area contributed by atoms with Gasteiger partial charge in [0.05, 0.1) is 12.4 Å². The molecule has 0 radical (unpaired) electrons. The largest absolute Gasteiger partial charge is 0.346 e. The number of amides is 1. The number of aromatic nitrogens is 1. The zero-order chi connectivity index (χ0) is 14.8. The highest BCUT2D eigenvalue weighted by atomic mass is 16.1. The molecule has 0 aliphatic carbocycles. The molecule has 1 aliphatic heterocycles. The van der Waals surface area contributed by atoms with Gasteiger partial charge in [0, 0.05) is 30.9 Å². The SMILES string of the molecule is CN1Cc2c(NC(=O)c3ccccc3)ccnc2N(C)C1. The Morgan fingerprint density at radius 3 is 2.71 bits per heavy atom. The van der Waals surface area contributed by atoms with Crippen LogP contribution in [-0.4, -0.2) is 36.6 Å². The molecule has 2 aromatic rings. The van der Waals surface area contributed by atoms with Gasteiger partial charge in [0.25, 0.3) is 5.91 Å². The number of anilines is 2. The van der Waals surface area contributed by atoms with Crippen LogP contribution in [0.2, 0.25) is 0 Å². The minimum atomic E-state index is -0.0973. The number of pyridine rings is 1. The highest BCUT2D eigenvalue weighted by Gasteiger charge is 2.22. The molecule has 0 saturated carbocycles. The van der Waals surface area contributed by atoms with Crippen LogP contribution in [0.1, 0.15) is 15.9 Å². The Hall–Kier alpha value is -2.40. The zero-order valence-corrected chi connectivity index (χ0v) is 12.2. The van der Waals surface area contributed by atoms with Crippen LogP contribution in [0.3, 0.4) is 0 Å². The third kappa shape index (κ3) is 2.73. The van der Waals surface area contributed by atoms with Gasteiger partial charge >= 0.3 is 0 Å². The van der Waals surface area contributed by atoms with Crippen LogP contribution in [0.25, 0.3) is 0 Å². The van der Waals surface area contributed by atoms with E-state index < -0.39 is 0 Å². The molecule has 2 heterocycles. The third-order valence-electron chi connectivity index (χ3n) is 3.56. The Morgan fingerprint density at radius 2 is 1.95 bits per heavy atom. The first-order valence-electron chi connectivity index (χ1n) is 6.89. The van der Waals surface area contributed by atoms with Crippen molar-refractivity contribution in [1.82, 2.24) is 9.88 Å². The molecule has 5 nitrogen and oxygen atoms in total. The van der Waals surface area contributed by atoms with E-state index in [1.807, 2.05) is 31.3 Å². The second-order valence-electron chi connectivity index (χ2n) is 5.33. The molecule has 1 N–H and O–H groups in total. The fourth-order valence-electron chi connectivity index (χ4n) is 2.62. The highest BCUT2D eigenvalue weighted by Crippen LogP contribution is 2.29. The van der Waals surface area contributed by atoms with E-state index in [2.05, 4.69) is 27.1 Å². The van der Waals surface area contributed by atoms with Crippen molar-refractivity contribution in [3.05, 3.63) is 53.7 Å². The average molecular weight is 282 g/mol. The molecule has 0 atom stereocenters. The lowest BCUT2D eigenvalue weighted by atomic mass is 10.1. The van der Waals surface area contributed by atoms with Gasteiger partial charge in [0.2, 0.25) is 0 Å². The average Bonchev–Trinajstić information content (AvgIpc) is 2.49. The predicted octanol–water partition coefficient (Wildman–Crippen LogP) is 2.17. The summed E-state index contributed by atoms with van der Waals surface area (Å²) in [7, 11) is 4.06. The number of fused-ring (bicyclic) bond motifs is 1. The molecule has 21 heavy (non-hydrogen) atoms. The molecule has 0 spiro atoms. The first kappa shape index (κ1) is 13.6. The van der Waals surface area contributed by atoms with Crippen molar-refractivity contribution in [2.24, 2.45) is 0 Å². The van der Waals surface area contributed by atoms with E-state index >= 15 is 0 Å². The van der Waals surface area contributed by atoms with Gasteiger partial charge in [0.15, 0.2) is 0 Å². The summed E-state index contributed by atoms with van der Waals surface area (Å²) in [5.41, 5.74) is 2.53. The number of hydrogen-bond acceptors (Lipinski definition) is 4. The second-order valence-corrected chi connectivity index (χ2v) is 5.33. The number of carbonyl (C=O) groups excluding carboxylic acids is 1. The standard InChI is InChI=1S/C16H18N4O/c1-19-10-13-14(8-9-17-15(13)20(2)11-19)18-16(21)12-6-4-3-5-7-12/h3-9H,10-11H2,1-2H3,(H,17,18,21). The van der Waals surface area contributed by atoms with E-state index in [1.165, 1.54) is 0 Å². The number of hydrogen-bond donors (Lipinski definition) is 1. The number of benzene rings is 1. The van der Waals surface area contributed by atoms with Crippen molar-refractivity contribution < 1.29 is 4.79 Å². The van der Waals surface area contributed by atoms with Crippen molar-refractivity contribution in [3.8, 4) is 0 Å². The van der Waals surface area contributed by atoms with Gasteiger partial charge in [-0.3, -0.25) is 9.69 Å².